The lowest BCUT2D eigenvalue weighted by Crippen LogP contribution is -2.24. The van der Waals surface area contributed by atoms with E-state index < -0.39 is 11.6 Å². The Morgan fingerprint density at radius 1 is 0.968 bits per heavy atom. The first-order valence-corrected chi connectivity index (χ1v) is 10.5. The van der Waals surface area contributed by atoms with Gasteiger partial charge in [-0.25, -0.2) is 13.8 Å². The first-order chi connectivity index (χ1) is 15.1. The molecule has 156 valence electrons. The number of ether oxygens (including phenoxy) is 2. The van der Waals surface area contributed by atoms with E-state index in [2.05, 4.69) is 4.98 Å². The number of halogens is 2. The molecule has 31 heavy (non-hydrogen) atoms. The van der Waals surface area contributed by atoms with Crippen LogP contribution in [0.5, 0.6) is 11.5 Å². The standard InChI is InChI=1S/C23H16F2N2O3S/c24-17-5-3-6-18(25)16(17)12-31-23-26-19-7-2-1-4-15(19)22(28)27(23)11-14-8-9-20-21(10-14)30-13-29-20/h1-10H,11-13H2. The summed E-state index contributed by atoms with van der Waals surface area (Å²) in [5.41, 5.74) is 1.08. The van der Waals surface area contributed by atoms with Crippen LogP contribution in [0.4, 0.5) is 8.78 Å². The average molecular weight is 438 g/mol. The average Bonchev–Trinajstić information content (AvgIpc) is 3.24. The molecule has 0 amide bonds. The van der Waals surface area contributed by atoms with E-state index in [0.717, 1.165) is 17.3 Å². The van der Waals surface area contributed by atoms with Gasteiger partial charge in [0.05, 0.1) is 17.4 Å². The molecule has 5 rings (SSSR count). The number of fused-ring (bicyclic) bond motifs is 2. The van der Waals surface area contributed by atoms with Gasteiger partial charge in [0.2, 0.25) is 6.79 Å². The molecule has 1 aliphatic heterocycles. The molecule has 5 nitrogen and oxygen atoms in total. The van der Waals surface area contributed by atoms with E-state index in [9.17, 15) is 13.6 Å². The molecule has 1 aliphatic rings. The van der Waals surface area contributed by atoms with Crippen molar-refractivity contribution in [1.82, 2.24) is 9.55 Å². The van der Waals surface area contributed by atoms with E-state index in [-0.39, 0.29) is 30.2 Å². The molecule has 0 aliphatic carbocycles. The number of thioether (sulfide) groups is 1. The molecule has 0 N–H and O–H groups in total. The summed E-state index contributed by atoms with van der Waals surface area (Å²) in [5, 5.41) is 0.855. The maximum atomic E-state index is 14.1. The second-order valence-corrected chi connectivity index (χ2v) is 7.92. The lowest BCUT2D eigenvalue weighted by Gasteiger charge is -2.14. The van der Waals surface area contributed by atoms with Crippen LogP contribution in [0.3, 0.4) is 0 Å². The van der Waals surface area contributed by atoms with Crippen LogP contribution in [0, 0.1) is 11.6 Å². The molecule has 0 saturated carbocycles. The summed E-state index contributed by atoms with van der Waals surface area (Å²) in [7, 11) is 0. The van der Waals surface area contributed by atoms with E-state index in [1.807, 2.05) is 12.1 Å². The molecule has 0 atom stereocenters. The van der Waals surface area contributed by atoms with Crippen LogP contribution in [0.1, 0.15) is 11.1 Å². The minimum atomic E-state index is -0.627. The number of nitrogens with zero attached hydrogens (tertiary/aromatic N) is 2. The second-order valence-electron chi connectivity index (χ2n) is 6.98. The van der Waals surface area contributed by atoms with Crippen LogP contribution in [-0.4, -0.2) is 16.3 Å². The van der Waals surface area contributed by atoms with E-state index >= 15 is 0 Å². The van der Waals surface area contributed by atoms with Crippen LogP contribution in [-0.2, 0) is 12.3 Å². The zero-order chi connectivity index (χ0) is 21.4. The molecular formula is C23H16F2N2O3S. The van der Waals surface area contributed by atoms with Crippen LogP contribution in [0.15, 0.2) is 70.6 Å². The van der Waals surface area contributed by atoms with Crippen molar-refractivity contribution in [3.05, 3.63) is 93.8 Å². The zero-order valence-corrected chi connectivity index (χ0v) is 17.0. The van der Waals surface area contributed by atoms with Gasteiger partial charge in [-0.15, -0.1) is 0 Å². The summed E-state index contributed by atoms with van der Waals surface area (Å²) >= 11 is 1.12. The SMILES string of the molecule is O=c1c2ccccc2nc(SCc2c(F)cccc2F)n1Cc1ccc2c(c1)OCO2. The molecule has 0 spiro atoms. The summed E-state index contributed by atoms with van der Waals surface area (Å²) in [6.45, 7) is 0.390. The van der Waals surface area contributed by atoms with Crippen LogP contribution < -0.4 is 15.0 Å². The Morgan fingerprint density at radius 2 is 1.74 bits per heavy atom. The minimum absolute atomic E-state index is 0.00439. The van der Waals surface area contributed by atoms with Crippen LogP contribution in [0.25, 0.3) is 10.9 Å². The van der Waals surface area contributed by atoms with Crippen molar-refractivity contribution < 1.29 is 18.3 Å². The van der Waals surface area contributed by atoms with Gasteiger partial charge in [0, 0.05) is 11.3 Å². The highest BCUT2D eigenvalue weighted by atomic mass is 32.2. The molecular weight excluding hydrogens is 422 g/mol. The molecule has 1 aromatic heterocycles. The molecule has 8 heteroatoms. The largest absolute Gasteiger partial charge is 0.454 e. The number of benzene rings is 3. The van der Waals surface area contributed by atoms with Gasteiger partial charge in [0.1, 0.15) is 11.6 Å². The summed E-state index contributed by atoms with van der Waals surface area (Å²) in [4.78, 5) is 17.8. The van der Waals surface area contributed by atoms with E-state index in [1.54, 1.807) is 30.3 Å². The quantitative estimate of drug-likeness (QED) is 0.333. The van der Waals surface area contributed by atoms with Gasteiger partial charge in [0.25, 0.3) is 5.56 Å². The maximum Gasteiger partial charge on any atom is 0.262 e. The predicted octanol–water partition coefficient (Wildman–Crippen LogP) is 4.74. The minimum Gasteiger partial charge on any atom is -0.454 e. The number of aromatic nitrogens is 2. The lowest BCUT2D eigenvalue weighted by molar-refractivity contribution is 0.174. The topological polar surface area (TPSA) is 53.4 Å². The van der Waals surface area contributed by atoms with Crippen LogP contribution in [0.2, 0.25) is 0 Å². The van der Waals surface area contributed by atoms with Gasteiger partial charge in [-0.2, -0.15) is 0 Å². The van der Waals surface area contributed by atoms with Crippen molar-refractivity contribution >= 4 is 22.7 Å². The highest BCUT2D eigenvalue weighted by Gasteiger charge is 2.17. The molecule has 0 fully saturated rings. The molecule has 4 aromatic rings. The molecule has 2 heterocycles. The third kappa shape index (κ3) is 3.74. The molecule has 0 unspecified atom stereocenters. The van der Waals surface area contributed by atoms with Gasteiger partial charge in [-0.1, -0.05) is 36.0 Å². The fourth-order valence-electron chi connectivity index (χ4n) is 3.43. The summed E-state index contributed by atoms with van der Waals surface area (Å²) < 4.78 is 40.5. The van der Waals surface area contributed by atoms with Crippen molar-refractivity contribution in [3.8, 4) is 11.5 Å². The normalized spacial score (nSPS) is 12.5. The van der Waals surface area contributed by atoms with Gasteiger partial charge >= 0.3 is 0 Å². The van der Waals surface area contributed by atoms with Crippen molar-refractivity contribution in [3.63, 3.8) is 0 Å². The van der Waals surface area contributed by atoms with E-state index in [4.69, 9.17) is 9.47 Å². The molecule has 0 bridgehead atoms. The lowest BCUT2D eigenvalue weighted by atomic mass is 10.2. The first-order valence-electron chi connectivity index (χ1n) is 9.54. The molecule has 3 aromatic carbocycles. The Bertz CT molecular complexity index is 1340. The second kappa shape index (κ2) is 8.03. The summed E-state index contributed by atoms with van der Waals surface area (Å²) in [6.07, 6.45) is 0. The van der Waals surface area contributed by atoms with E-state index in [0.29, 0.717) is 27.6 Å². The summed E-state index contributed by atoms with van der Waals surface area (Å²) in [6, 6.07) is 16.2. The zero-order valence-electron chi connectivity index (χ0n) is 16.2. The third-order valence-electron chi connectivity index (χ3n) is 5.01. The van der Waals surface area contributed by atoms with Crippen LogP contribution >= 0.6 is 11.8 Å². The third-order valence-corrected chi connectivity index (χ3v) is 6.01. The monoisotopic (exact) mass is 438 g/mol. The van der Waals surface area contributed by atoms with Crippen molar-refractivity contribution in [2.75, 3.05) is 6.79 Å². The number of hydrogen-bond donors (Lipinski definition) is 0. The molecule has 0 saturated heterocycles. The Hall–Kier alpha value is -3.39. The van der Waals surface area contributed by atoms with Crippen molar-refractivity contribution in [1.29, 1.82) is 0 Å². The highest BCUT2D eigenvalue weighted by Crippen LogP contribution is 2.33. The van der Waals surface area contributed by atoms with Gasteiger partial charge in [0.15, 0.2) is 16.7 Å². The number of hydrogen-bond acceptors (Lipinski definition) is 5. The van der Waals surface area contributed by atoms with Crippen molar-refractivity contribution in [2.45, 2.75) is 17.5 Å². The summed E-state index contributed by atoms with van der Waals surface area (Å²) in [5.74, 6) is 0.0138. The molecule has 0 radical (unpaired) electrons. The Balaban J connectivity index is 1.55. The van der Waals surface area contributed by atoms with Gasteiger partial charge in [-0.05, 0) is 42.0 Å². The maximum absolute atomic E-state index is 14.1. The number of rotatable bonds is 5. The highest BCUT2D eigenvalue weighted by molar-refractivity contribution is 7.98. The fourth-order valence-corrected chi connectivity index (χ4v) is 4.44. The van der Waals surface area contributed by atoms with Crippen molar-refractivity contribution in [2.24, 2.45) is 0 Å². The van der Waals surface area contributed by atoms with Gasteiger partial charge < -0.3 is 9.47 Å². The predicted molar refractivity (Wildman–Crippen MR) is 114 cm³/mol. The van der Waals surface area contributed by atoms with E-state index in [1.165, 1.54) is 22.8 Å². The Morgan fingerprint density at radius 3 is 2.58 bits per heavy atom. The first kappa shape index (κ1) is 19.6. The number of para-hydroxylation sites is 1. The Kier molecular flexibility index (Phi) is 5.07. The Labute approximate surface area is 180 Å². The fraction of sp³-hybridized carbons (Fsp3) is 0.130. The van der Waals surface area contributed by atoms with Gasteiger partial charge in [-0.3, -0.25) is 9.36 Å². The smallest absolute Gasteiger partial charge is 0.262 e.